The van der Waals surface area contributed by atoms with Gasteiger partial charge in [-0.1, -0.05) is 11.6 Å². The highest BCUT2D eigenvalue weighted by atomic mass is 79.9. The standard InChI is InChI=1S/C8H5BrClFO2/c1-3-2-4(10)6(9)5(7(3)11)8(12)13/h2H,1H3,(H,12,13). The second kappa shape index (κ2) is 3.64. The summed E-state index contributed by atoms with van der Waals surface area (Å²) in [6, 6.07) is 1.37. The lowest BCUT2D eigenvalue weighted by molar-refractivity contribution is 0.0690. The first kappa shape index (κ1) is 10.5. The molecule has 0 aromatic heterocycles. The molecule has 0 amide bonds. The minimum absolute atomic E-state index is 0.0739. The summed E-state index contributed by atoms with van der Waals surface area (Å²) in [4.78, 5) is 10.6. The van der Waals surface area contributed by atoms with Crippen molar-refractivity contribution in [2.75, 3.05) is 0 Å². The fraction of sp³-hybridized carbons (Fsp3) is 0.125. The second-order valence-electron chi connectivity index (χ2n) is 2.48. The third kappa shape index (κ3) is 1.84. The molecule has 0 saturated heterocycles. The Morgan fingerprint density at radius 3 is 2.69 bits per heavy atom. The van der Waals surface area contributed by atoms with Crippen LogP contribution in [0.25, 0.3) is 0 Å². The highest BCUT2D eigenvalue weighted by molar-refractivity contribution is 9.10. The molecule has 70 valence electrons. The van der Waals surface area contributed by atoms with Gasteiger partial charge < -0.3 is 5.11 Å². The van der Waals surface area contributed by atoms with E-state index in [4.69, 9.17) is 16.7 Å². The molecule has 0 aliphatic rings. The normalized spacial score (nSPS) is 10.2. The number of aryl methyl sites for hydroxylation is 1. The van der Waals surface area contributed by atoms with E-state index in [1.165, 1.54) is 13.0 Å². The fourth-order valence-electron chi connectivity index (χ4n) is 0.918. The number of carbonyl (C=O) groups is 1. The molecule has 0 aliphatic heterocycles. The van der Waals surface area contributed by atoms with Gasteiger partial charge in [-0.2, -0.15) is 0 Å². The highest BCUT2D eigenvalue weighted by Gasteiger charge is 2.19. The third-order valence-electron chi connectivity index (χ3n) is 1.55. The zero-order chi connectivity index (χ0) is 10.2. The van der Waals surface area contributed by atoms with Crippen molar-refractivity contribution in [2.24, 2.45) is 0 Å². The van der Waals surface area contributed by atoms with Crippen molar-refractivity contribution < 1.29 is 14.3 Å². The molecule has 1 N–H and O–H groups in total. The molecule has 1 aromatic rings. The molecule has 0 heterocycles. The van der Waals surface area contributed by atoms with Gasteiger partial charge in [-0.3, -0.25) is 0 Å². The SMILES string of the molecule is Cc1cc(Cl)c(Br)c(C(=O)O)c1F. The molecule has 0 fully saturated rings. The number of carboxylic acids is 1. The summed E-state index contributed by atoms with van der Waals surface area (Å²) >= 11 is 8.57. The molecule has 0 atom stereocenters. The van der Waals surface area contributed by atoms with E-state index in [2.05, 4.69) is 15.9 Å². The van der Waals surface area contributed by atoms with E-state index in [-0.39, 0.29) is 15.1 Å². The van der Waals surface area contributed by atoms with Crippen LogP contribution in [-0.4, -0.2) is 11.1 Å². The topological polar surface area (TPSA) is 37.3 Å². The molecule has 0 bridgehead atoms. The Hall–Kier alpha value is -0.610. The zero-order valence-electron chi connectivity index (χ0n) is 6.57. The van der Waals surface area contributed by atoms with Gasteiger partial charge in [-0.15, -0.1) is 0 Å². The van der Waals surface area contributed by atoms with E-state index in [9.17, 15) is 9.18 Å². The van der Waals surface area contributed by atoms with E-state index in [0.717, 1.165) is 0 Å². The minimum Gasteiger partial charge on any atom is -0.478 e. The van der Waals surface area contributed by atoms with E-state index in [1.807, 2.05) is 0 Å². The molecule has 0 saturated carbocycles. The zero-order valence-corrected chi connectivity index (χ0v) is 8.91. The highest BCUT2D eigenvalue weighted by Crippen LogP contribution is 2.30. The van der Waals surface area contributed by atoms with Crippen molar-refractivity contribution in [3.63, 3.8) is 0 Å². The Morgan fingerprint density at radius 2 is 2.23 bits per heavy atom. The molecule has 0 radical (unpaired) electrons. The summed E-state index contributed by atoms with van der Waals surface area (Å²) in [6.45, 7) is 1.46. The van der Waals surface area contributed by atoms with Crippen LogP contribution in [-0.2, 0) is 0 Å². The number of hydrogen-bond donors (Lipinski definition) is 1. The van der Waals surface area contributed by atoms with Gasteiger partial charge in [0, 0.05) is 0 Å². The van der Waals surface area contributed by atoms with Crippen molar-refractivity contribution in [1.29, 1.82) is 0 Å². The molecule has 0 spiro atoms. The van der Waals surface area contributed by atoms with Crippen molar-refractivity contribution in [3.8, 4) is 0 Å². The molecular formula is C8H5BrClFO2. The number of carboxylic acid groups (broad SMARTS) is 1. The number of aromatic carboxylic acids is 1. The van der Waals surface area contributed by atoms with Gasteiger partial charge in [-0.05, 0) is 34.5 Å². The Morgan fingerprint density at radius 1 is 1.69 bits per heavy atom. The lowest BCUT2D eigenvalue weighted by atomic mass is 10.1. The Bertz CT molecular complexity index is 353. The van der Waals surface area contributed by atoms with Gasteiger partial charge in [0.1, 0.15) is 11.4 Å². The van der Waals surface area contributed by atoms with E-state index < -0.39 is 17.3 Å². The molecule has 0 aliphatic carbocycles. The first-order valence-electron chi connectivity index (χ1n) is 3.32. The van der Waals surface area contributed by atoms with Crippen molar-refractivity contribution in [1.82, 2.24) is 0 Å². The summed E-state index contributed by atoms with van der Waals surface area (Å²) < 4.78 is 13.3. The summed E-state index contributed by atoms with van der Waals surface area (Å²) in [5, 5.41) is 8.86. The molecular weight excluding hydrogens is 262 g/mol. The quantitative estimate of drug-likeness (QED) is 0.793. The van der Waals surface area contributed by atoms with Crippen LogP contribution in [0.1, 0.15) is 15.9 Å². The summed E-state index contributed by atoms with van der Waals surface area (Å²) in [7, 11) is 0. The predicted octanol–water partition coefficient (Wildman–Crippen LogP) is 3.25. The first-order valence-corrected chi connectivity index (χ1v) is 4.49. The third-order valence-corrected chi connectivity index (χ3v) is 2.90. The van der Waals surface area contributed by atoms with Crippen LogP contribution in [0.2, 0.25) is 5.02 Å². The monoisotopic (exact) mass is 266 g/mol. The number of rotatable bonds is 1. The second-order valence-corrected chi connectivity index (χ2v) is 3.68. The lowest BCUT2D eigenvalue weighted by Crippen LogP contribution is -2.04. The van der Waals surface area contributed by atoms with Crippen LogP contribution in [0, 0.1) is 12.7 Å². The Balaban J connectivity index is 3.56. The summed E-state index contributed by atoms with van der Waals surface area (Å²) in [5.74, 6) is -2.10. The van der Waals surface area contributed by atoms with E-state index in [0.29, 0.717) is 0 Å². The maximum atomic E-state index is 13.2. The van der Waals surface area contributed by atoms with Crippen molar-refractivity contribution in [3.05, 3.63) is 32.5 Å². The first-order chi connectivity index (χ1) is 5.95. The fourth-order valence-corrected chi connectivity index (χ4v) is 1.63. The van der Waals surface area contributed by atoms with Crippen LogP contribution in [0.3, 0.4) is 0 Å². The van der Waals surface area contributed by atoms with Gasteiger partial charge in [0.25, 0.3) is 0 Å². The number of hydrogen-bond acceptors (Lipinski definition) is 1. The number of benzene rings is 1. The summed E-state index contributed by atoms with van der Waals surface area (Å²) in [5.41, 5.74) is -0.212. The Kier molecular flexibility index (Phi) is 2.93. The molecule has 1 aromatic carbocycles. The molecule has 1 rings (SSSR count). The molecule has 5 heteroatoms. The van der Waals surface area contributed by atoms with Crippen LogP contribution in [0.4, 0.5) is 4.39 Å². The van der Waals surface area contributed by atoms with E-state index in [1.54, 1.807) is 0 Å². The van der Waals surface area contributed by atoms with Crippen LogP contribution < -0.4 is 0 Å². The maximum Gasteiger partial charge on any atom is 0.339 e. The maximum absolute atomic E-state index is 13.2. The lowest BCUT2D eigenvalue weighted by Gasteiger charge is -2.05. The van der Waals surface area contributed by atoms with Crippen molar-refractivity contribution >= 4 is 33.5 Å². The largest absolute Gasteiger partial charge is 0.478 e. The average molecular weight is 267 g/mol. The van der Waals surface area contributed by atoms with Gasteiger partial charge in [0.05, 0.1) is 9.50 Å². The predicted molar refractivity (Wildman–Crippen MR) is 50.8 cm³/mol. The Labute approximate surface area is 87.5 Å². The molecule has 2 nitrogen and oxygen atoms in total. The van der Waals surface area contributed by atoms with Gasteiger partial charge >= 0.3 is 5.97 Å². The van der Waals surface area contributed by atoms with Gasteiger partial charge in [-0.25, -0.2) is 9.18 Å². The van der Waals surface area contributed by atoms with Gasteiger partial charge in [0.15, 0.2) is 0 Å². The molecule has 13 heavy (non-hydrogen) atoms. The van der Waals surface area contributed by atoms with Crippen LogP contribution >= 0.6 is 27.5 Å². The summed E-state index contributed by atoms with van der Waals surface area (Å²) in [6.07, 6.45) is 0. The van der Waals surface area contributed by atoms with Crippen LogP contribution in [0.5, 0.6) is 0 Å². The number of halogens is 3. The van der Waals surface area contributed by atoms with Gasteiger partial charge in [0.2, 0.25) is 0 Å². The minimum atomic E-state index is -1.34. The smallest absolute Gasteiger partial charge is 0.339 e. The van der Waals surface area contributed by atoms with E-state index >= 15 is 0 Å². The average Bonchev–Trinajstić information content (AvgIpc) is 2.01. The van der Waals surface area contributed by atoms with Crippen molar-refractivity contribution in [2.45, 2.75) is 6.92 Å². The molecule has 0 unspecified atom stereocenters. The van der Waals surface area contributed by atoms with Crippen LogP contribution in [0.15, 0.2) is 10.5 Å².